The molecule has 0 saturated heterocycles. The lowest BCUT2D eigenvalue weighted by atomic mass is 9.47. The molecule has 3 amide bonds. The molecule has 0 aromatic carbocycles. The van der Waals surface area contributed by atoms with Gasteiger partial charge in [-0.15, -0.1) is 0 Å². The van der Waals surface area contributed by atoms with Crippen LogP contribution in [0.5, 0.6) is 0 Å². The monoisotopic (exact) mass is 814 g/mol. The van der Waals surface area contributed by atoms with Crippen molar-refractivity contribution >= 4 is 24.1 Å². The number of fused-ring (bicyclic) bond motifs is 5. The summed E-state index contributed by atoms with van der Waals surface area (Å²) >= 11 is 0. The largest absolute Gasteiger partial charge is 0.462 e. The summed E-state index contributed by atoms with van der Waals surface area (Å²) in [5, 5.41) is 5.53. The van der Waals surface area contributed by atoms with Crippen molar-refractivity contribution in [3.8, 4) is 0 Å². The number of rotatable bonds is 18. The molecule has 0 aliphatic heterocycles. The highest BCUT2D eigenvalue weighted by Crippen LogP contribution is 2.67. The van der Waals surface area contributed by atoms with Crippen LogP contribution in [0.4, 0.5) is 9.59 Å². The summed E-state index contributed by atoms with van der Waals surface area (Å²) in [6.07, 6.45) is 16.9. The molecule has 8 atom stereocenters. The van der Waals surface area contributed by atoms with Crippen molar-refractivity contribution in [3.05, 3.63) is 11.6 Å². The normalized spacial score (nSPS) is 28.6. The Kier molecular flexibility index (Phi) is 17.1. The molecule has 10 heteroatoms. The molecule has 0 radical (unpaired) electrons. The number of alkyl carbamates (subject to hydrolysis) is 2. The zero-order valence-electron chi connectivity index (χ0n) is 38.6. The summed E-state index contributed by atoms with van der Waals surface area (Å²) in [4.78, 5) is 52.6. The van der Waals surface area contributed by atoms with Crippen LogP contribution in [-0.4, -0.2) is 72.4 Å². The predicted molar refractivity (Wildman–Crippen MR) is 231 cm³/mol. The molecule has 4 aliphatic rings. The second-order valence-electron chi connectivity index (χ2n) is 21.4. The molecule has 58 heavy (non-hydrogen) atoms. The highest BCUT2D eigenvalue weighted by molar-refractivity contribution is 5.81. The number of hydrogen-bond acceptors (Lipinski definition) is 7. The van der Waals surface area contributed by atoms with Gasteiger partial charge in [-0.2, -0.15) is 0 Å². The van der Waals surface area contributed by atoms with Crippen LogP contribution in [0, 0.1) is 46.3 Å². The number of hydrogen-bond donors (Lipinski definition) is 2. The van der Waals surface area contributed by atoms with Gasteiger partial charge in [-0.1, -0.05) is 65.5 Å². The Bertz CT molecular complexity index is 1410. The minimum atomic E-state index is -0.593. The average Bonchev–Trinajstić information content (AvgIpc) is 3.47. The summed E-state index contributed by atoms with van der Waals surface area (Å²) in [6.45, 7) is 25.0. The van der Waals surface area contributed by atoms with Crippen molar-refractivity contribution in [2.24, 2.45) is 46.3 Å². The van der Waals surface area contributed by atoms with Gasteiger partial charge < -0.3 is 29.7 Å². The molecule has 0 aromatic rings. The Labute approximate surface area is 352 Å². The number of nitrogens with one attached hydrogen (secondary N) is 2. The fourth-order valence-corrected chi connectivity index (χ4v) is 11.4. The van der Waals surface area contributed by atoms with E-state index in [0.29, 0.717) is 56.8 Å². The molecule has 2 N–H and O–H groups in total. The van der Waals surface area contributed by atoms with E-state index in [9.17, 15) is 19.2 Å². The molecule has 3 fully saturated rings. The summed E-state index contributed by atoms with van der Waals surface area (Å²) in [6, 6.07) is 0. The van der Waals surface area contributed by atoms with Gasteiger partial charge in [-0.25, -0.2) is 9.59 Å². The minimum absolute atomic E-state index is 0.0422. The number of unbranched alkanes of at least 4 members (excludes halogenated alkanes) is 1. The van der Waals surface area contributed by atoms with Gasteiger partial charge in [0.05, 0.1) is 6.42 Å². The van der Waals surface area contributed by atoms with Crippen molar-refractivity contribution in [2.45, 2.75) is 196 Å². The van der Waals surface area contributed by atoms with Gasteiger partial charge in [-0.3, -0.25) is 9.59 Å². The first-order valence-corrected chi connectivity index (χ1v) is 23.2. The molecular weight excluding hydrogens is 731 g/mol. The van der Waals surface area contributed by atoms with E-state index >= 15 is 0 Å². The Balaban J connectivity index is 1.26. The zero-order valence-corrected chi connectivity index (χ0v) is 38.6. The van der Waals surface area contributed by atoms with Crippen LogP contribution in [0.1, 0.15) is 179 Å². The topological polar surface area (TPSA) is 123 Å². The third kappa shape index (κ3) is 13.6. The lowest BCUT2D eigenvalue weighted by molar-refractivity contribution is -0.153. The summed E-state index contributed by atoms with van der Waals surface area (Å²) in [7, 11) is 0. The van der Waals surface area contributed by atoms with Crippen molar-refractivity contribution in [1.82, 2.24) is 15.5 Å². The summed E-state index contributed by atoms with van der Waals surface area (Å²) in [5.74, 6) is 4.34. The van der Waals surface area contributed by atoms with Crippen LogP contribution < -0.4 is 10.6 Å². The predicted octanol–water partition coefficient (Wildman–Crippen LogP) is 10.8. The first kappa shape index (κ1) is 47.9. The second-order valence-corrected chi connectivity index (χ2v) is 21.4. The quantitative estimate of drug-likeness (QED) is 0.0611. The SMILES string of the molecule is CC(C)CCC[C@@H](C)[C@H]1CC[C@H]2[C@@H]3CC=C4C[C@@H](OC(=O)CCC(=O)N(CCCCNC(=O)OC(C)(C)C)CCCNC(=O)OC(C)(C)C)CC[C@]4(C)[C@H]3CC[C@]12C. The number of carbonyl (C=O) groups is 4. The van der Waals surface area contributed by atoms with Crippen LogP contribution >= 0.6 is 0 Å². The van der Waals surface area contributed by atoms with Crippen LogP contribution in [0.25, 0.3) is 0 Å². The molecule has 0 heterocycles. The zero-order chi connectivity index (χ0) is 42.9. The van der Waals surface area contributed by atoms with Crippen molar-refractivity contribution in [2.75, 3.05) is 26.2 Å². The molecular formula is C48H83N3O7. The maximum atomic E-state index is 13.5. The molecule has 3 saturated carbocycles. The van der Waals surface area contributed by atoms with Gasteiger partial charge in [0, 0.05) is 39.0 Å². The van der Waals surface area contributed by atoms with E-state index in [1.165, 1.54) is 56.9 Å². The van der Waals surface area contributed by atoms with Gasteiger partial charge in [0.25, 0.3) is 0 Å². The van der Waals surface area contributed by atoms with E-state index in [2.05, 4.69) is 51.3 Å². The smallest absolute Gasteiger partial charge is 0.407 e. The van der Waals surface area contributed by atoms with Crippen molar-refractivity contribution in [3.63, 3.8) is 0 Å². The van der Waals surface area contributed by atoms with Crippen molar-refractivity contribution < 1.29 is 33.4 Å². The van der Waals surface area contributed by atoms with Crippen LogP contribution in [0.2, 0.25) is 0 Å². The summed E-state index contributed by atoms with van der Waals surface area (Å²) < 4.78 is 16.7. The maximum Gasteiger partial charge on any atom is 0.407 e. The Morgan fingerprint density at radius 2 is 1.41 bits per heavy atom. The second kappa shape index (κ2) is 20.7. The first-order valence-electron chi connectivity index (χ1n) is 23.2. The Hall–Kier alpha value is -2.78. The number of ether oxygens (including phenoxy) is 3. The molecule has 0 bridgehead atoms. The van der Waals surface area contributed by atoms with Gasteiger partial charge in [0.15, 0.2) is 0 Å². The molecule has 0 spiro atoms. The van der Waals surface area contributed by atoms with Crippen LogP contribution in [-0.2, 0) is 23.8 Å². The highest BCUT2D eigenvalue weighted by Gasteiger charge is 2.59. The van der Waals surface area contributed by atoms with Gasteiger partial charge in [0.1, 0.15) is 17.3 Å². The van der Waals surface area contributed by atoms with E-state index < -0.39 is 23.4 Å². The van der Waals surface area contributed by atoms with Gasteiger partial charge >= 0.3 is 18.2 Å². The van der Waals surface area contributed by atoms with Crippen LogP contribution in [0.3, 0.4) is 0 Å². The van der Waals surface area contributed by atoms with E-state index in [0.717, 1.165) is 48.9 Å². The average molecular weight is 814 g/mol. The first-order chi connectivity index (χ1) is 27.1. The van der Waals surface area contributed by atoms with E-state index in [-0.39, 0.29) is 36.2 Å². The standard InChI is InChI=1S/C48H83N3O7/c1-33(2)16-14-17-34(3)38-20-21-39-37-19-18-35-32-36(24-26-47(35,10)40(37)25-27-48(38,39)11)56-42(53)23-22-41(52)51(31-15-29-50-44(55)58-46(7,8)9)30-13-12-28-49-43(54)57-45(4,5)6/h18,33-34,36-40H,12-17,19-32H2,1-11H3,(H,49,54)(H,50,55)/t34-,36+,37+,38-,39+,40+,47+,48-/m1/s1. The number of amides is 3. The molecule has 4 rings (SSSR count). The summed E-state index contributed by atoms with van der Waals surface area (Å²) in [5.41, 5.74) is 0.992. The molecule has 332 valence electrons. The number of allylic oxidation sites excluding steroid dienone is 1. The molecule has 10 nitrogen and oxygen atoms in total. The third-order valence-corrected chi connectivity index (χ3v) is 14.2. The van der Waals surface area contributed by atoms with E-state index in [1.54, 1.807) is 4.90 Å². The third-order valence-electron chi connectivity index (χ3n) is 14.2. The van der Waals surface area contributed by atoms with Crippen LogP contribution in [0.15, 0.2) is 11.6 Å². The maximum absolute atomic E-state index is 13.5. The number of nitrogens with zero attached hydrogens (tertiary/aromatic N) is 1. The van der Waals surface area contributed by atoms with Gasteiger partial charge in [-0.05, 0) is 152 Å². The molecule has 0 aromatic heterocycles. The lowest BCUT2D eigenvalue weighted by Gasteiger charge is -2.58. The van der Waals surface area contributed by atoms with Crippen molar-refractivity contribution in [1.29, 1.82) is 0 Å². The molecule has 0 unspecified atom stereocenters. The minimum Gasteiger partial charge on any atom is -0.462 e. The highest BCUT2D eigenvalue weighted by atomic mass is 16.6. The Morgan fingerprint density at radius 1 is 0.776 bits per heavy atom. The van der Waals surface area contributed by atoms with E-state index in [1.807, 2.05) is 41.5 Å². The van der Waals surface area contributed by atoms with E-state index in [4.69, 9.17) is 14.2 Å². The van der Waals surface area contributed by atoms with Gasteiger partial charge in [0.2, 0.25) is 5.91 Å². The lowest BCUT2D eigenvalue weighted by Crippen LogP contribution is -2.51. The Morgan fingerprint density at radius 3 is 2.05 bits per heavy atom. The number of carbonyl (C=O) groups excluding carboxylic acids is 4. The fraction of sp³-hybridized carbons (Fsp3) is 0.875. The fourth-order valence-electron chi connectivity index (χ4n) is 11.4. The molecule has 4 aliphatic carbocycles. The number of esters is 1.